The van der Waals surface area contributed by atoms with Crippen molar-refractivity contribution < 1.29 is 4.79 Å². The first-order valence-corrected chi connectivity index (χ1v) is 6.81. The number of aliphatic imine (C=N–C) groups is 1. The number of guanidine groups is 1. The fourth-order valence-corrected chi connectivity index (χ4v) is 1.77. The van der Waals surface area contributed by atoms with E-state index in [1.165, 1.54) is 0 Å². The molecule has 0 heterocycles. The summed E-state index contributed by atoms with van der Waals surface area (Å²) >= 11 is 0. The number of anilines is 1. The second-order valence-corrected chi connectivity index (χ2v) is 4.95. The molecule has 2 N–H and O–H groups in total. The lowest BCUT2D eigenvalue weighted by Crippen LogP contribution is -2.42. The van der Waals surface area contributed by atoms with Crippen LogP contribution in [-0.4, -0.2) is 37.5 Å². The summed E-state index contributed by atoms with van der Waals surface area (Å²) < 4.78 is 0. The van der Waals surface area contributed by atoms with Gasteiger partial charge in [0.2, 0.25) is 5.96 Å². The zero-order valence-corrected chi connectivity index (χ0v) is 12.9. The van der Waals surface area contributed by atoms with Gasteiger partial charge in [-0.25, -0.2) is 4.79 Å². The summed E-state index contributed by atoms with van der Waals surface area (Å²) in [5.74, 6) is 0.565. The summed E-state index contributed by atoms with van der Waals surface area (Å²) in [5, 5.41) is 5.66. The topological polar surface area (TPSA) is 56.7 Å². The van der Waals surface area contributed by atoms with Crippen molar-refractivity contribution in [3.05, 3.63) is 29.3 Å². The van der Waals surface area contributed by atoms with E-state index in [9.17, 15) is 4.79 Å². The Morgan fingerprint density at radius 3 is 2.35 bits per heavy atom. The van der Waals surface area contributed by atoms with Crippen LogP contribution in [0.25, 0.3) is 0 Å². The van der Waals surface area contributed by atoms with Crippen molar-refractivity contribution in [2.75, 3.05) is 26.0 Å². The number of benzene rings is 1. The van der Waals surface area contributed by atoms with E-state index in [0.717, 1.165) is 23.2 Å². The maximum Gasteiger partial charge on any atom is 0.326 e. The predicted octanol–water partition coefficient (Wildman–Crippen LogP) is 2.75. The Labute approximate surface area is 121 Å². The summed E-state index contributed by atoms with van der Waals surface area (Å²) in [6.45, 7) is 6.69. The summed E-state index contributed by atoms with van der Waals surface area (Å²) in [6.07, 6.45) is 0.942. The fraction of sp³-hybridized carbons (Fsp3) is 0.467. The Kier molecular flexibility index (Phi) is 6.03. The molecule has 0 radical (unpaired) electrons. The summed E-state index contributed by atoms with van der Waals surface area (Å²) in [7, 11) is 3.71. The number of nitrogens with one attached hydrogen (secondary N) is 2. The van der Waals surface area contributed by atoms with E-state index < -0.39 is 0 Å². The first-order valence-electron chi connectivity index (χ1n) is 6.81. The van der Waals surface area contributed by atoms with Crippen LogP contribution in [0.4, 0.5) is 10.5 Å². The lowest BCUT2D eigenvalue weighted by Gasteiger charge is -2.18. The SMILES string of the molecule is CCCN=C(NC(=O)Nc1c(C)cccc1C)N(C)C. The fourth-order valence-electron chi connectivity index (χ4n) is 1.77. The van der Waals surface area contributed by atoms with E-state index >= 15 is 0 Å². The number of hydrogen-bond acceptors (Lipinski definition) is 2. The number of nitrogens with zero attached hydrogens (tertiary/aromatic N) is 2. The van der Waals surface area contributed by atoms with E-state index in [4.69, 9.17) is 0 Å². The van der Waals surface area contributed by atoms with Gasteiger partial charge in [0.05, 0.1) is 0 Å². The molecule has 0 fully saturated rings. The molecule has 2 amide bonds. The maximum atomic E-state index is 12.1. The second kappa shape index (κ2) is 7.53. The molecule has 1 aromatic rings. The molecule has 5 nitrogen and oxygen atoms in total. The first kappa shape index (κ1) is 16.0. The second-order valence-electron chi connectivity index (χ2n) is 4.95. The third-order valence-electron chi connectivity index (χ3n) is 2.85. The molecular weight excluding hydrogens is 252 g/mol. The van der Waals surface area contributed by atoms with Crippen molar-refractivity contribution in [1.82, 2.24) is 10.2 Å². The molecule has 0 aliphatic carbocycles. The van der Waals surface area contributed by atoms with Crippen LogP contribution in [0, 0.1) is 13.8 Å². The quantitative estimate of drug-likeness (QED) is 0.659. The molecule has 0 aliphatic rings. The summed E-state index contributed by atoms with van der Waals surface area (Å²) in [6, 6.07) is 5.65. The number of rotatable bonds is 3. The number of carbonyl (C=O) groups is 1. The van der Waals surface area contributed by atoms with Crippen LogP contribution in [0.5, 0.6) is 0 Å². The lowest BCUT2D eigenvalue weighted by molar-refractivity contribution is 0.255. The summed E-state index contributed by atoms with van der Waals surface area (Å²) in [5.41, 5.74) is 2.92. The minimum atomic E-state index is -0.272. The molecule has 110 valence electrons. The van der Waals surface area contributed by atoms with Gasteiger partial charge in [0.1, 0.15) is 0 Å². The van der Waals surface area contributed by atoms with Crippen molar-refractivity contribution in [3.8, 4) is 0 Å². The number of aryl methyl sites for hydroxylation is 2. The number of urea groups is 1. The van der Waals surface area contributed by atoms with Crippen molar-refractivity contribution in [1.29, 1.82) is 0 Å². The van der Waals surface area contributed by atoms with E-state index in [2.05, 4.69) is 15.6 Å². The van der Waals surface area contributed by atoms with Crippen molar-refractivity contribution in [3.63, 3.8) is 0 Å². The molecule has 0 aliphatic heterocycles. The Hall–Kier alpha value is -2.04. The Balaban J connectivity index is 2.76. The number of amides is 2. The Morgan fingerprint density at radius 2 is 1.85 bits per heavy atom. The highest BCUT2D eigenvalue weighted by Crippen LogP contribution is 2.18. The van der Waals surface area contributed by atoms with Gasteiger partial charge in [-0.3, -0.25) is 10.3 Å². The van der Waals surface area contributed by atoms with Crippen LogP contribution in [0.15, 0.2) is 23.2 Å². The zero-order chi connectivity index (χ0) is 15.1. The maximum absolute atomic E-state index is 12.1. The molecule has 5 heteroatoms. The molecule has 0 unspecified atom stereocenters. The smallest absolute Gasteiger partial charge is 0.326 e. The van der Waals surface area contributed by atoms with Gasteiger partial charge in [-0.2, -0.15) is 0 Å². The average molecular weight is 276 g/mol. The Bertz CT molecular complexity index is 474. The van der Waals surface area contributed by atoms with E-state index in [1.54, 1.807) is 4.90 Å². The highest BCUT2D eigenvalue weighted by atomic mass is 16.2. The third kappa shape index (κ3) is 4.57. The predicted molar refractivity (Wildman–Crippen MR) is 84.4 cm³/mol. The summed E-state index contributed by atoms with van der Waals surface area (Å²) in [4.78, 5) is 18.2. The van der Waals surface area contributed by atoms with Gasteiger partial charge < -0.3 is 10.2 Å². The standard InChI is InChI=1S/C15H24N4O/c1-6-10-16-14(19(4)5)18-15(20)17-13-11(2)8-7-9-12(13)3/h7-9H,6,10H2,1-5H3,(H2,16,17,18,20). The molecule has 0 spiro atoms. The minimum Gasteiger partial charge on any atom is -0.349 e. The highest BCUT2D eigenvalue weighted by Gasteiger charge is 2.10. The van der Waals surface area contributed by atoms with E-state index in [0.29, 0.717) is 12.5 Å². The van der Waals surface area contributed by atoms with Crippen LogP contribution in [0.1, 0.15) is 24.5 Å². The van der Waals surface area contributed by atoms with Gasteiger partial charge >= 0.3 is 6.03 Å². The van der Waals surface area contributed by atoms with Gasteiger partial charge in [0.15, 0.2) is 0 Å². The third-order valence-corrected chi connectivity index (χ3v) is 2.85. The number of para-hydroxylation sites is 1. The first-order chi connectivity index (χ1) is 9.45. The van der Waals surface area contributed by atoms with Gasteiger partial charge in [0, 0.05) is 26.3 Å². The number of hydrogen-bond donors (Lipinski definition) is 2. The molecule has 0 aromatic heterocycles. The van der Waals surface area contributed by atoms with Gasteiger partial charge in [-0.1, -0.05) is 25.1 Å². The lowest BCUT2D eigenvalue weighted by atomic mass is 10.1. The van der Waals surface area contributed by atoms with E-state index in [1.807, 2.05) is 53.1 Å². The highest BCUT2D eigenvalue weighted by molar-refractivity contribution is 6.02. The molecule has 0 bridgehead atoms. The molecular formula is C15H24N4O. The average Bonchev–Trinajstić information content (AvgIpc) is 2.38. The molecule has 20 heavy (non-hydrogen) atoms. The zero-order valence-electron chi connectivity index (χ0n) is 12.9. The van der Waals surface area contributed by atoms with Gasteiger partial charge in [-0.05, 0) is 31.4 Å². The van der Waals surface area contributed by atoms with Crippen LogP contribution >= 0.6 is 0 Å². The minimum absolute atomic E-state index is 0.272. The molecule has 1 aromatic carbocycles. The monoisotopic (exact) mass is 276 g/mol. The van der Waals surface area contributed by atoms with Crippen LogP contribution in [0.3, 0.4) is 0 Å². The normalized spacial score (nSPS) is 11.2. The van der Waals surface area contributed by atoms with Gasteiger partial charge in [0.25, 0.3) is 0 Å². The van der Waals surface area contributed by atoms with Crippen LogP contribution in [-0.2, 0) is 0 Å². The molecule has 1 rings (SSSR count). The van der Waals surface area contributed by atoms with Crippen molar-refractivity contribution in [2.45, 2.75) is 27.2 Å². The van der Waals surface area contributed by atoms with Crippen molar-refractivity contribution in [2.24, 2.45) is 4.99 Å². The molecule has 0 atom stereocenters. The van der Waals surface area contributed by atoms with Gasteiger partial charge in [-0.15, -0.1) is 0 Å². The Morgan fingerprint density at radius 1 is 1.25 bits per heavy atom. The number of carbonyl (C=O) groups excluding carboxylic acids is 1. The van der Waals surface area contributed by atoms with E-state index in [-0.39, 0.29) is 6.03 Å². The van der Waals surface area contributed by atoms with Crippen LogP contribution in [0.2, 0.25) is 0 Å². The van der Waals surface area contributed by atoms with Crippen LogP contribution < -0.4 is 10.6 Å². The molecule has 0 saturated heterocycles. The largest absolute Gasteiger partial charge is 0.349 e. The van der Waals surface area contributed by atoms with Crippen molar-refractivity contribution >= 4 is 17.7 Å². The molecule has 0 saturated carbocycles.